The van der Waals surface area contributed by atoms with Gasteiger partial charge in [0, 0.05) is 18.4 Å². The standard InChI is InChI=1S/C15H16N6O/c22-14(8-10-4-5-11-9-16-18-12(11)7-10)17-15-20-19-13-3-1-2-6-21(13)15/h4-5,7,9H,1-3,6,8H2,(H,16,18)(H,17,20,22). The van der Waals surface area contributed by atoms with Crippen LogP contribution >= 0.6 is 0 Å². The molecule has 1 amide bonds. The van der Waals surface area contributed by atoms with Crippen LogP contribution in [0.15, 0.2) is 24.4 Å². The summed E-state index contributed by atoms with van der Waals surface area (Å²) in [6.45, 7) is 0.873. The second kappa shape index (κ2) is 5.25. The second-order valence-corrected chi connectivity index (χ2v) is 5.57. The Hall–Kier alpha value is -2.70. The molecule has 1 aromatic carbocycles. The Morgan fingerprint density at radius 1 is 1.32 bits per heavy atom. The van der Waals surface area contributed by atoms with Crippen molar-refractivity contribution in [2.75, 3.05) is 5.32 Å². The zero-order chi connectivity index (χ0) is 14.9. The van der Waals surface area contributed by atoms with E-state index in [4.69, 9.17) is 0 Å². The van der Waals surface area contributed by atoms with Gasteiger partial charge in [-0.15, -0.1) is 10.2 Å². The number of hydrogen-bond donors (Lipinski definition) is 2. The number of nitrogens with one attached hydrogen (secondary N) is 2. The van der Waals surface area contributed by atoms with E-state index in [1.807, 2.05) is 22.8 Å². The van der Waals surface area contributed by atoms with E-state index in [1.54, 1.807) is 6.20 Å². The van der Waals surface area contributed by atoms with Gasteiger partial charge < -0.3 is 0 Å². The maximum atomic E-state index is 12.2. The second-order valence-electron chi connectivity index (χ2n) is 5.57. The van der Waals surface area contributed by atoms with Crippen molar-refractivity contribution in [3.63, 3.8) is 0 Å². The largest absolute Gasteiger partial charge is 0.297 e. The summed E-state index contributed by atoms with van der Waals surface area (Å²) in [5.41, 5.74) is 1.87. The number of anilines is 1. The lowest BCUT2D eigenvalue weighted by Gasteiger charge is -2.14. The van der Waals surface area contributed by atoms with Gasteiger partial charge in [-0.05, 0) is 24.5 Å². The molecule has 3 heterocycles. The van der Waals surface area contributed by atoms with Crippen LogP contribution in [0.4, 0.5) is 5.95 Å². The summed E-state index contributed by atoms with van der Waals surface area (Å²) in [5.74, 6) is 1.43. The van der Waals surface area contributed by atoms with Crippen LogP contribution in [-0.2, 0) is 24.2 Å². The van der Waals surface area contributed by atoms with Crippen molar-refractivity contribution in [3.05, 3.63) is 35.8 Å². The monoisotopic (exact) mass is 296 g/mol. The Balaban J connectivity index is 1.49. The predicted octanol–water partition coefficient (Wildman–Crippen LogP) is 1.67. The summed E-state index contributed by atoms with van der Waals surface area (Å²) in [6, 6.07) is 5.85. The van der Waals surface area contributed by atoms with E-state index >= 15 is 0 Å². The summed E-state index contributed by atoms with van der Waals surface area (Å²) in [4.78, 5) is 12.2. The van der Waals surface area contributed by atoms with E-state index in [1.165, 1.54) is 0 Å². The van der Waals surface area contributed by atoms with Crippen LogP contribution in [0.5, 0.6) is 0 Å². The smallest absolute Gasteiger partial charge is 0.231 e. The third-order valence-electron chi connectivity index (χ3n) is 3.98. The van der Waals surface area contributed by atoms with Crippen molar-refractivity contribution >= 4 is 22.8 Å². The average Bonchev–Trinajstić information content (AvgIpc) is 3.14. The van der Waals surface area contributed by atoms with Gasteiger partial charge in [0.05, 0.1) is 18.1 Å². The Labute approximate surface area is 126 Å². The fourth-order valence-corrected chi connectivity index (χ4v) is 2.85. The molecule has 3 aromatic rings. The Morgan fingerprint density at radius 2 is 2.27 bits per heavy atom. The summed E-state index contributed by atoms with van der Waals surface area (Å²) < 4.78 is 2.00. The third-order valence-corrected chi connectivity index (χ3v) is 3.98. The molecule has 0 bridgehead atoms. The van der Waals surface area contributed by atoms with E-state index in [2.05, 4.69) is 25.7 Å². The van der Waals surface area contributed by atoms with E-state index in [9.17, 15) is 4.79 Å². The fraction of sp³-hybridized carbons (Fsp3) is 0.333. The number of aromatic amines is 1. The van der Waals surface area contributed by atoms with Gasteiger partial charge >= 0.3 is 0 Å². The van der Waals surface area contributed by atoms with Crippen molar-refractivity contribution in [1.82, 2.24) is 25.0 Å². The molecule has 0 fully saturated rings. The number of nitrogens with zero attached hydrogens (tertiary/aromatic N) is 4. The number of aromatic nitrogens is 5. The van der Waals surface area contributed by atoms with E-state index in [0.717, 1.165) is 48.1 Å². The molecule has 0 radical (unpaired) electrons. The number of rotatable bonds is 3. The van der Waals surface area contributed by atoms with Gasteiger partial charge in [0.25, 0.3) is 0 Å². The Kier molecular flexibility index (Phi) is 3.10. The molecular formula is C15H16N6O. The highest BCUT2D eigenvalue weighted by atomic mass is 16.1. The molecule has 1 aliphatic heterocycles. The van der Waals surface area contributed by atoms with Crippen LogP contribution in [-0.4, -0.2) is 30.9 Å². The Morgan fingerprint density at radius 3 is 3.23 bits per heavy atom. The topological polar surface area (TPSA) is 88.5 Å². The molecule has 2 N–H and O–H groups in total. The number of H-pyrrole nitrogens is 1. The zero-order valence-corrected chi connectivity index (χ0v) is 12.0. The minimum Gasteiger partial charge on any atom is -0.297 e. The molecule has 0 saturated carbocycles. The molecule has 112 valence electrons. The summed E-state index contributed by atoms with van der Waals surface area (Å²) in [5, 5.41) is 19.0. The maximum Gasteiger partial charge on any atom is 0.231 e. The van der Waals surface area contributed by atoms with Crippen molar-refractivity contribution < 1.29 is 4.79 Å². The lowest BCUT2D eigenvalue weighted by molar-refractivity contribution is -0.115. The lowest BCUT2D eigenvalue weighted by Crippen LogP contribution is -2.20. The molecule has 0 spiro atoms. The molecule has 2 aromatic heterocycles. The molecule has 7 heteroatoms. The fourth-order valence-electron chi connectivity index (χ4n) is 2.85. The highest BCUT2D eigenvalue weighted by Gasteiger charge is 2.17. The first-order valence-corrected chi connectivity index (χ1v) is 7.43. The van der Waals surface area contributed by atoms with Gasteiger partial charge in [-0.25, -0.2) is 0 Å². The minimum atomic E-state index is -0.0837. The summed E-state index contributed by atoms with van der Waals surface area (Å²) in [6.07, 6.45) is 5.23. The van der Waals surface area contributed by atoms with Crippen LogP contribution in [0.2, 0.25) is 0 Å². The quantitative estimate of drug-likeness (QED) is 0.769. The Bertz CT molecular complexity index is 834. The number of hydrogen-bond acceptors (Lipinski definition) is 4. The maximum absolute atomic E-state index is 12.2. The molecule has 0 atom stereocenters. The number of amides is 1. The molecule has 7 nitrogen and oxygen atoms in total. The predicted molar refractivity (Wildman–Crippen MR) is 81.4 cm³/mol. The van der Waals surface area contributed by atoms with Crippen molar-refractivity contribution in [2.24, 2.45) is 0 Å². The highest BCUT2D eigenvalue weighted by molar-refractivity contribution is 5.91. The SMILES string of the molecule is O=C(Cc1ccc2cn[nH]c2c1)Nc1nnc2n1CCCC2. The zero-order valence-electron chi connectivity index (χ0n) is 12.0. The van der Waals surface area contributed by atoms with Crippen LogP contribution < -0.4 is 5.32 Å². The van der Waals surface area contributed by atoms with Crippen LogP contribution in [0.25, 0.3) is 10.9 Å². The van der Waals surface area contributed by atoms with Crippen molar-refractivity contribution in [2.45, 2.75) is 32.2 Å². The number of carbonyl (C=O) groups is 1. The first-order valence-electron chi connectivity index (χ1n) is 7.43. The molecular weight excluding hydrogens is 280 g/mol. The van der Waals surface area contributed by atoms with Crippen LogP contribution in [0.1, 0.15) is 24.2 Å². The molecule has 0 unspecified atom stereocenters. The first kappa shape index (κ1) is 13.0. The molecule has 1 aliphatic rings. The normalized spacial score (nSPS) is 14.0. The van der Waals surface area contributed by atoms with Crippen molar-refractivity contribution in [1.29, 1.82) is 0 Å². The van der Waals surface area contributed by atoms with Gasteiger partial charge in [0.1, 0.15) is 5.82 Å². The minimum absolute atomic E-state index is 0.0837. The van der Waals surface area contributed by atoms with E-state index < -0.39 is 0 Å². The summed E-state index contributed by atoms with van der Waals surface area (Å²) in [7, 11) is 0. The van der Waals surface area contributed by atoms with Crippen molar-refractivity contribution in [3.8, 4) is 0 Å². The van der Waals surface area contributed by atoms with Crippen LogP contribution in [0.3, 0.4) is 0 Å². The first-order chi connectivity index (χ1) is 10.8. The number of carbonyl (C=O) groups excluding carboxylic acids is 1. The number of benzene rings is 1. The molecule has 4 rings (SSSR count). The van der Waals surface area contributed by atoms with Gasteiger partial charge in [-0.1, -0.05) is 12.1 Å². The van der Waals surface area contributed by atoms with Gasteiger partial charge in [0.15, 0.2) is 0 Å². The van der Waals surface area contributed by atoms with Gasteiger partial charge in [-0.2, -0.15) is 5.10 Å². The average molecular weight is 296 g/mol. The summed E-state index contributed by atoms with van der Waals surface area (Å²) >= 11 is 0. The highest BCUT2D eigenvalue weighted by Crippen LogP contribution is 2.18. The van der Waals surface area contributed by atoms with Gasteiger partial charge in [0.2, 0.25) is 11.9 Å². The van der Waals surface area contributed by atoms with Gasteiger partial charge in [-0.3, -0.25) is 19.8 Å². The van der Waals surface area contributed by atoms with E-state index in [0.29, 0.717) is 12.4 Å². The van der Waals surface area contributed by atoms with E-state index in [-0.39, 0.29) is 5.91 Å². The molecule has 22 heavy (non-hydrogen) atoms. The van der Waals surface area contributed by atoms with Crippen LogP contribution in [0, 0.1) is 0 Å². The lowest BCUT2D eigenvalue weighted by atomic mass is 10.1. The third kappa shape index (κ3) is 2.34. The molecule has 0 aliphatic carbocycles. The number of aryl methyl sites for hydroxylation is 1. The number of fused-ring (bicyclic) bond motifs is 2. The molecule has 0 saturated heterocycles.